The zero-order valence-electron chi connectivity index (χ0n) is 34.3. The number of hydrogen-bond donors (Lipinski definition) is 0. The van der Waals surface area contributed by atoms with Crippen molar-refractivity contribution in [3.63, 3.8) is 0 Å². The molecule has 0 heterocycles. The summed E-state index contributed by atoms with van der Waals surface area (Å²) in [5.74, 6) is 0. The lowest BCUT2D eigenvalue weighted by Crippen LogP contribution is -1.70. The van der Waals surface area contributed by atoms with E-state index >= 15 is 0 Å². The van der Waals surface area contributed by atoms with E-state index in [1.54, 1.807) is 0 Å². The molecule has 0 nitrogen and oxygen atoms in total. The molecule has 0 N–H and O–H groups in total. The summed E-state index contributed by atoms with van der Waals surface area (Å²) >= 11 is 0. The third-order valence-corrected chi connectivity index (χ3v) is 7.31. The van der Waals surface area contributed by atoms with Gasteiger partial charge in [0.25, 0.3) is 0 Å². The number of hydrogen-bond acceptors (Lipinski definition) is 0. The maximum atomic E-state index is 2.12. The van der Waals surface area contributed by atoms with E-state index in [4.69, 9.17) is 0 Å². The Bertz CT molecular complexity index is 1200. The van der Waals surface area contributed by atoms with Crippen molar-refractivity contribution in [1.82, 2.24) is 0 Å². The minimum atomic E-state index is 0. The van der Waals surface area contributed by atoms with Crippen molar-refractivity contribution in [2.45, 2.75) is 83.1 Å². The maximum absolute atomic E-state index is 2.12. The van der Waals surface area contributed by atoms with E-state index in [0.29, 0.717) is 0 Å². The van der Waals surface area contributed by atoms with E-state index in [0.717, 1.165) is 0 Å². The molecule has 6 aromatic carbocycles. The molecule has 54 heavy (non-hydrogen) atoms. The summed E-state index contributed by atoms with van der Waals surface area (Å²) in [7, 11) is 0. The average Bonchev–Trinajstić information content (AvgIpc) is 3.07. The molecule has 0 bridgehead atoms. The molecule has 0 aromatic heterocycles. The van der Waals surface area contributed by atoms with Gasteiger partial charge < -0.3 is 0 Å². The van der Waals surface area contributed by atoms with Crippen LogP contribution in [0.5, 0.6) is 0 Å². The first-order valence-electron chi connectivity index (χ1n) is 16.9. The Morgan fingerprint density at radius 2 is 0.167 bits per heavy atom. The van der Waals surface area contributed by atoms with Crippen LogP contribution in [0.3, 0.4) is 0 Å². The van der Waals surface area contributed by atoms with Crippen LogP contribution >= 0.6 is 74.4 Å². The first-order chi connectivity index (χ1) is 22.7. The third kappa shape index (κ3) is 34.8. The standard InChI is InChI=1S/6C8H10.6ClH/c6*1-7-3-5-8(2)6-4-7;;;;;;/h6*3-6H,1-2H3;6*1H. The van der Waals surface area contributed by atoms with Gasteiger partial charge in [0.15, 0.2) is 0 Å². The van der Waals surface area contributed by atoms with Crippen molar-refractivity contribution >= 4 is 74.4 Å². The quantitative estimate of drug-likeness (QED) is 0.143. The summed E-state index contributed by atoms with van der Waals surface area (Å²) in [6, 6.07) is 50.9. The molecule has 0 saturated heterocycles. The largest absolute Gasteiger partial charge is 0.147 e. The molecular formula is C48H66Cl6. The van der Waals surface area contributed by atoms with Crippen LogP contribution in [-0.2, 0) is 0 Å². The van der Waals surface area contributed by atoms with Gasteiger partial charge in [-0.25, -0.2) is 0 Å². The van der Waals surface area contributed by atoms with Crippen LogP contribution in [0.4, 0.5) is 0 Å². The Kier molecular flexibility index (Phi) is 43.2. The lowest BCUT2D eigenvalue weighted by Gasteiger charge is -1.90. The number of halogens is 6. The summed E-state index contributed by atoms with van der Waals surface area (Å²) in [5.41, 5.74) is 16.0. The lowest BCUT2D eigenvalue weighted by atomic mass is 10.2. The highest BCUT2D eigenvalue weighted by Crippen LogP contribution is 2.03. The van der Waals surface area contributed by atoms with E-state index in [1.807, 2.05) is 0 Å². The highest BCUT2D eigenvalue weighted by atomic mass is 35.5. The Balaban J connectivity index is -0.000000125. The van der Waals surface area contributed by atoms with Gasteiger partial charge in [0, 0.05) is 0 Å². The van der Waals surface area contributed by atoms with E-state index in [9.17, 15) is 0 Å². The number of aryl methyl sites for hydroxylation is 12. The molecule has 0 aliphatic carbocycles. The fraction of sp³-hybridized carbons (Fsp3) is 0.250. The molecule has 0 aliphatic rings. The van der Waals surface area contributed by atoms with Crippen LogP contribution < -0.4 is 0 Å². The molecule has 0 fully saturated rings. The smallest absolute Gasteiger partial charge is 0.0398 e. The zero-order valence-corrected chi connectivity index (χ0v) is 39.2. The molecule has 6 heteroatoms. The first kappa shape index (κ1) is 63.0. The SMILES string of the molecule is Cc1ccc(C)cc1.Cc1ccc(C)cc1.Cc1ccc(C)cc1.Cc1ccc(C)cc1.Cc1ccc(C)cc1.Cc1ccc(C)cc1.Cl.Cl.Cl.Cl.Cl.Cl. The molecule has 300 valence electrons. The van der Waals surface area contributed by atoms with Crippen molar-refractivity contribution in [3.8, 4) is 0 Å². The van der Waals surface area contributed by atoms with Gasteiger partial charge in [0.2, 0.25) is 0 Å². The van der Waals surface area contributed by atoms with Gasteiger partial charge in [-0.2, -0.15) is 0 Å². The van der Waals surface area contributed by atoms with Crippen LogP contribution in [-0.4, -0.2) is 0 Å². The molecule has 0 atom stereocenters. The molecule has 0 spiro atoms. The molecule has 0 unspecified atom stereocenters. The Morgan fingerprint density at radius 1 is 0.130 bits per heavy atom. The van der Waals surface area contributed by atoms with Crippen LogP contribution in [0.15, 0.2) is 146 Å². The van der Waals surface area contributed by atoms with E-state index in [1.165, 1.54) is 66.8 Å². The fourth-order valence-corrected chi connectivity index (χ4v) is 3.82. The van der Waals surface area contributed by atoms with Gasteiger partial charge in [0.05, 0.1) is 0 Å². The topological polar surface area (TPSA) is 0 Å². The van der Waals surface area contributed by atoms with Gasteiger partial charge in [0.1, 0.15) is 0 Å². The van der Waals surface area contributed by atoms with Crippen molar-refractivity contribution < 1.29 is 0 Å². The van der Waals surface area contributed by atoms with Crippen LogP contribution in [0.1, 0.15) is 66.8 Å². The van der Waals surface area contributed by atoms with Gasteiger partial charge in [-0.05, 0) is 83.1 Å². The van der Waals surface area contributed by atoms with Crippen molar-refractivity contribution in [2.24, 2.45) is 0 Å². The second-order valence-corrected chi connectivity index (χ2v) is 12.9. The summed E-state index contributed by atoms with van der Waals surface area (Å²) in [6.07, 6.45) is 0. The minimum absolute atomic E-state index is 0. The predicted molar refractivity (Wildman–Crippen MR) is 259 cm³/mol. The summed E-state index contributed by atoms with van der Waals surface area (Å²) in [6.45, 7) is 25.2. The average molecular weight is 856 g/mol. The Hall–Kier alpha value is -2.94. The zero-order chi connectivity index (χ0) is 35.9. The summed E-state index contributed by atoms with van der Waals surface area (Å²) in [4.78, 5) is 0. The van der Waals surface area contributed by atoms with Gasteiger partial charge in [-0.1, -0.05) is 212 Å². The van der Waals surface area contributed by atoms with Gasteiger partial charge >= 0.3 is 0 Å². The predicted octanol–water partition coefficient (Wildman–Crippen LogP) is 16.4. The fourth-order valence-electron chi connectivity index (χ4n) is 3.82. The van der Waals surface area contributed by atoms with Crippen molar-refractivity contribution in [2.75, 3.05) is 0 Å². The van der Waals surface area contributed by atoms with E-state index in [-0.39, 0.29) is 74.4 Å². The molecule has 0 radical (unpaired) electrons. The number of benzene rings is 6. The second kappa shape index (κ2) is 37.0. The van der Waals surface area contributed by atoms with Crippen LogP contribution in [0.2, 0.25) is 0 Å². The van der Waals surface area contributed by atoms with E-state index in [2.05, 4.69) is 229 Å². The number of rotatable bonds is 0. The van der Waals surface area contributed by atoms with Crippen LogP contribution in [0.25, 0.3) is 0 Å². The highest BCUT2D eigenvalue weighted by molar-refractivity contribution is 5.86. The second-order valence-electron chi connectivity index (χ2n) is 12.9. The lowest BCUT2D eigenvalue weighted by molar-refractivity contribution is 1.40. The van der Waals surface area contributed by atoms with Crippen molar-refractivity contribution in [3.05, 3.63) is 212 Å². The maximum Gasteiger partial charge on any atom is -0.0398 e. The Labute approximate surface area is 367 Å². The normalized spacial score (nSPS) is 8.22. The van der Waals surface area contributed by atoms with Crippen molar-refractivity contribution in [1.29, 1.82) is 0 Å². The Morgan fingerprint density at radius 3 is 0.204 bits per heavy atom. The van der Waals surface area contributed by atoms with E-state index < -0.39 is 0 Å². The van der Waals surface area contributed by atoms with Gasteiger partial charge in [-0.15, -0.1) is 74.4 Å². The molecule has 0 amide bonds. The summed E-state index contributed by atoms with van der Waals surface area (Å²) < 4.78 is 0. The summed E-state index contributed by atoms with van der Waals surface area (Å²) in [5, 5.41) is 0. The molecule has 0 saturated carbocycles. The third-order valence-electron chi connectivity index (χ3n) is 7.31. The monoisotopic (exact) mass is 852 g/mol. The minimum Gasteiger partial charge on any atom is -0.147 e. The van der Waals surface area contributed by atoms with Gasteiger partial charge in [-0.3, -0.25) is 0 Å². The molecule has 0 aliphatic heterocycles. The molecule has 6 rings (SSSR count). The molecular weight excluding hydrogens is 789 g/mol. The first-order valence-corrected chi connectivity index (χ1v) is 16.9. The molecule has 6 aromatic rings. The van der Waals surface area contributed by atoms with Crippen LogP contribution in [0, 0.1) is 83.1 Å². The highest BCUT2D eigenvalue weighted by Gasteiger charge is 1.83.